The fraction of sp³-hybridized carbons (Fsp3) is 0.636. The third kappa shape index (κ3) is 2.15. The maximum absolute atomic E-state index is 12.4. The van der Waals surface area contributed by atoms with Crippen LogP contribution in [0.3, 0.4) is 0 Å². The summed E-state index contributed by atoms with van der Waals surface area (Å²) in [4.78, 5) is 18.6. The number of rotatable bonds is 3. The van der Waals surface area contributed by atoms with Gasteiger partial charge < -0.3 is 21.1 Å². The Morgan fingerprint density at radius 1 is 1.72 bits per heavy atom. The van der Waals surface area contributed by atoms with E-state index in [1.165, 1.54) is 11.3 Å². The molecule has 1 saturated heterocycles. The van der Waals surface area contributed by atoms with Crippen LogP contribution in [0.2, 0.25) is 0 Å². The molecule has 18 heavy (non-hydrogen) atoms. The smallest absolute Gasteiger partial charge is 0.268 e. The van der Waals surface area contributed by atoms with Crippen LogP contribution in [0.4, 0.5) is 10.9 Å². The van der Waals surface area contributed by atoms with E-state index in [-0.39, 0.29) is 24.4 Å². The minimum atomic E-state index is -0.130. The first kappa shape index (κ1) is 13.1. The number of hydrogen-bond donors (Lipinski definition) is 3. The lowest BCUT2D eigenvalue weighted by atomic mass is 10.0. The minimum Gasteiger partial charge on any atom is -0.394 e. The largest absolute Gasteiger partial charge is 0.394 e. The first-order valence-electron chi connectivity index (χ1n) is 5.94. The fourth-order valence-electron chi connectivity index (χ4n) is 2.26. The van der Waals surface area contributed by atoms with Gasteiger partial charge in [-0.1, -0.05) is 18.3 Å². The van der Waals surface area contributed by atoms with Gasteiger partial charge in [-0.15, -0.1) is 0 Å². The molecule has 0 spiro atoms. The van der Waals surface area contributed by atoms with E-state index >= 15 is 0 Å². The van der Waals surface area contributed by atoms with E-state index in [4.69, 9.17) is 5.73 Å². The van der Waals surface area contributed by atoms with Crippen LogP contribution in [0.25, 0.3) is 0 Å². The van der Waals surface area contributed by atoms with Crippen LogP contribution in [0.1, 0.15) is 23.0 Å². The van der Waals surface area contributed by atoms with Crippen LogP contribution >= 0.6 is 11.3 Å². The van der Waals surface area contributed by atoms with Gasteiger partial charge in [-0.25, -0.2) is 4.98 Å². The second-order valence-electron chi connectivity index (χ2n) is 4.50. The fourth-order valence-corrected chi connectivity index (χ4v) is 3.06. The molecule has 0 aromatic carbocycles. The van der Waals surface area contributed by atoms with Crippen molar-refractivity contribution in [3.63, 3.8) is 0 Å². The summed E-state index contributed by atoms with van der Waals surface area (Å²) in [6.45, 7) is 2.70. The van der Waals surface area contributed by atoms with Crippen molar-refractivity contribution in [2.24, 2.45) is 5.92 Å². The van der Waals surface area contributed by atoms with Crippen molar-refractivity contribution in [3.8, 4) is 0 Å². The van der Waals surface area contributed by atoms with Gasteiger partial charge in [-0.05, 0) is 12.3 Å². The highest BCUT2D eigenvalue weighted by Crippen LogP contribution is 2.30. The Kier molecular flexibility index (Phi) is 3.72. The number of carbonyl (C=O) groups excluding carboxylic acids is 1. The van der Waals surface area contributed by atoms with Gasteiger partial charge in [0.25, 0.3) is 5.91 Å². The molecule has 2 heterocycles. The zero-order valence-corrected chi connectivity index (χ0v) is 11.3. The number of thiazole rings is 1. The molecular formula is C11H18N4O2S. The summed E-state index contributed by atoms with van der Waals surface area (Å²) in [6, 6.07) is -0.114. The van der Waals surface area contributed by atoms with Gasteiger partial charge in [-0.3, -0.25) is 4.79 Å². The molecule has 6 nitrogen and oxygen atoms in total. The maximum atomic E-state index is 12.4. The monoisotopic (exact) mass is 270 g/mol. The molecule has 4 N–H and O–H groups in total. The second kappa shape index (κ2) is 5.11. The molecule has 0 saturated carbocycles. The third-order valence-corrected chi connectivity index (χ3v) is 4.47. The Labute approximate surface area is 110 Å². The molecule has 1 aromatic heterocycles. The SMILES string of the molecule is CNc1nc(N)c(C(=O)N2CCC(C)C2CO)s1. The number of aliphatic hydroxyl groups is 1. The quantitative estimate of drug-likeness (QED) is 0.748. The number of nitrogens with zero attached hydrogens (tertiary/aromatic N) is 2. The Balaban J connectivity index is 2.23. The van der Waals surface area contributed by atoms with Crippen LogP contribution in [0.5, 0.6) is 0 Å². The van der Waals surface area contributed by atoms with Crippen molar-refractivity contribution < 1.29 is 9.90 Å². The van der Waals surface area contributed by atoms with E-state index in [1.54, 1.807) is 11.9 Å². The number of nitrogen functional groups attached to an aromatic ring is 1. The molecule has 7 heteroatoms. The Morgan fingerprint density at radius 2 is 2.44 bits per heavy atom. The number of anilines is 2. The van der Waals surface area contributed by atoms with Crippen molar-refractivity contribution in [3.05, 3.63) is 4.88 Å². The average Bonchev–Trinajstić information content (AvgIpc) is 2.91. The Hall–Kier alpha value is -1.34. The topological polar surface area (TPSA) is 91.5 Å². The third-order valence-electron chi connectivity index (χ3n) is 3.39. The first-order valence-corrected chi connectivity index (χ1v) is 6.76. The van der Waals surface area contributed by atoms with E-state index in [0.717, 1.165) is 6.42 Å². The molecule has 100 valence electrons. The van der Waals surface area contributed by atoms with Gasteiger partial charge in [0.05, 0.1) is 12.6 Å². The summed E-state index contributed by atoms with van der Waals surface area (Å²) < 4.78 is 0. The number of aromatic nitrogens is 1. The number of nitrogens with one attached hydrogen (secondary N) is 1. The Bertz CT molecular complexity index is 448. The molecule has 2 atom stereocenters. The van der Waals surface area contributed by atoms with Gasteiger partial charge in [0.15, 0.2) is 5.13 Å². The van der Waals surface area contributed by atoms with Crippen LogP contribution < -0.4 is 11.1 Å². The van der Waals surface area contributed by atoms with Crippen LogP contribution in [0.15, 0.2) is 0 Å². The highest BCUT2D eigenvalue weighted by atomic mass is 32.1. The number of aliphatic hydroxyl groups excluding tert-OH is 1. The van der Waals surface area contributed by atoms with Crippen molar-refractivity contribution in [2.45, 2.75) is 19.4 Å². The summed E-state index contributed by atoms with van der Waals surface area (Å²) in [7, 11) is 1.74. The molecule has 1 aliphatic rings. The molecule has 1 aromatic rings. The standard InChI is InChI=1S/C11H18N4O2S/c1-6-3-4-15(7(6)5-16)10(17)8-9(12)14-11(13-2)18-8/h6-7,16H,3-5,12H2,1-2H3,(H,13,14). The predicted molar refractivity (Wildman–Crippen MR) is 71.8 cm³/mol. The van der Waals surface area contributed by atoms with Gasteiger partial charge in [0, 0.05) is 13.6 Å². The summed E-state index contributed by atoms with van der Waals surface area (Å²) >= 11 is 1.25. The van der Waals surface area contributed by atoms with E-state index < -0.39 is 0 Å². The lowest BCUT2D eigenvalue weighted by Gasteiger charge is -2.24. The molecule has 2 rings (SSSR count). The molecule has 2 unspecified atom stereocenters. The lowest BCUT2D eigenvalue weighted by molar-refractivity contribution is 0.0654. The van der Waals surface area contributed by atoms with Crippen LogP contribution in [0, 0.1) is 5.92 Å². The summed E-state index contributed by atoms with van der Waals surface area (Å²) in [5.74, 6) is 0.442. The number of likely N-dealkylation sites (tertiary alicyclic amines) is 1. The van der Waals surface area contributed by atoms with Crippen molar-refractivity contribution >= 4 is 28.2 Å². The second-order valence-corrected chi connectivity index (χ2v) is 5.50. The van der Waals surface area contributed by atoms with Gasteiger partial charge in [-0.2, -0.15) is 0 Å². The van der Waals surface area contributed by atoms with Gasteiger partial charge in [0.2, 0.25) is 0 Å². The summed E-state index contributed by atoms with van der Waals surface area (Å²) in [6.07, 6.45) is 0.911. The minimum absolute atomic E-state index is 0.00942. The molecule has 0 aliphatic carbocycles. The van der Waals surface area contributed by atoms with Gasteiger partial charge >= 0.3 is 0 Å². The molecule has 1 aliphatic heterocycles. The predicted octanol–water partition coefficient (Wildman–Crippen LogP) is 0.610. The molecule has 0 bridgehead atoms. The average molecular weight is 270 g/mol. The molecule has 1 amide bonds. The van der Waals surface area contributed by atoms with Crippen LogP contribution in [-0.4, -0.2) is 47.1 Å². The van der Waals surface area contributed by atoms with Crippen LogP contribution in [-0.2, 0) is 0 Å². The lowest BCUT2D eigenvalue weighted by Crippen LogP contribution is -2.39. The van der Waals surface area contributed by atoms with Crippen molar-refractivity contribution in [1.29, 1.82) is 0 Å². The van der Waals surface area contributed by atoms with E-state index in [9.17, 15) is 9.90 Å². The molecule has 0 radical (unpaired) electrons. The van der Waals surface area contributed by atoms with Crippen molar-refractivity contribution in [2.75, 3.05) is 31.2 Å². The molecule has 1 fully saturated rings. The zero-order valence-electron chi connectivity index (χ0n) is 10.5. The summed E-state index contributed by atoms with van der Waals surface area (Å²) in [5.41, 5.74) is 5.76. The van der Waals surface area contributed by atoms with E-state index in [1.807, 2.05) is 6.92 Å². The van der Waals surface area contributed by atoms with E-state index in [2.05, 4.69) is 10.3 Å². The summed E-state index contributed by atoms with van der Waals surface area (Å²) in [5, 5.41) is 12.9. The van der Waals surface area contributed by atoms with E-state index in [0.29, 0.717) is 22.5 Å². The number of hydrogen-bond acceptors (Lipinski definition) is 6. The van der Waals surface area contributed by atoms with Crippen molar-refractivity contribution in [1.82, 2.24) is 9.88 Å². The number of nitrogens with two attached hydrogens (primary N) is 1. The first-order chi connectivity index (χ1) is 8.58. The Morgan fingerprint density at radius 3 is 3.00 bits per heavy atom. The number of amides is 1. The highest BCUT2D eigenvalue weighted by molar-refractivity contribution is 7.18. The molecular weight excluding hydrogens is 252 g/mol. The normalized spacial score (nSPS) is 23.4. The maximum Gasteiger partial charge on any atom is 0.268 e. The van der Waals surface area contributed by atoms with Gasteiger partial charge in [0.1, 0.15) is 10.7 Å². The number of carbonyl (C=O) groups is 1. The zero-order chi connectivity index (χ0) is 13.3. The highest BCUT2D eigenvalue weighted by Gasteiger charge is 2.35.